The maximum absolute atomic E-state index is 13.6. The number of rotatable bonds is 6. The number of sulfonamides is 1. The van der Waals surface area contributed by atoms with Crippen molar-refractivity contribution in [3.05, 3.63) is 29.0 Å². The minimum atomic E-state index is -3.79. The topological polar surface area (TPSA) is 49.4 Å². The molecule has 1 rings (SSSR count). The smallest absolute Gasteiger partial charge is 0.245 e. The molecule has 0 unspecified atom stereocenters. The minimum Gasteiger partial charge on any atom is -0.320 e. The third-order valence-corrected chi connectivity index (χ3v) is 4.61. The molecular weight excluding hydrogens is 279 g/mol. The number of nitrogens with one attached hydrogen (secondary N) is 1. The molecule has 4 nitrogen and oxygen atoms in total. The maximum Gasteiger partial charge on any atom is 0.245 e. The fourth-order valence-electron chi connectivity index (χ4n) is 1.45. The van der Waals surface area contributed by atoms with E-state index in [1.54, 1.807) is 7.05 Å². The molecule has 0 aromatic heterocycles. The van der Waals surface area contributed by atoms with Gasteiger partial charge in [-0.1, -0.05) is 11.6 Å². The largest absolute Gasteiger partial charge is 0.320 e. The molecule has 0 amide bonds. The first kappa shape index (κ1) is 15.4. The number of nitrogens with zero attached hydrogens (tertiary/aromatic N) is 1. The second kappa shape index (κ2) is 6.47. The van der Waals surface area contributed by atoms with Crippen molar-refractivity contribution in [3.63, 3.8) is 0 Å². The first-order chi connectivity index (χ1) is 8.39. The minimum absolute atomic E-state index is 0.171. The molecule has 1 aromatic rings. The molecule has 0 fully saturated rings. The molecule has 0 saturated carbocycles. The first-order valence-corrected chi connectivity index (χ1v) is 7.27. The van der Waals surface area contributed by atoms with Crippen molar-refractivity contribution >= 4 is 21.6 Å². The van der Waals surface area contributed by atoms with Crippen molar-refractivity contribution in [3.8, 4) is 0 Å². The molecule has 0 aliphatic rings. The highest BCUT2D eigenvalue weighted by Gasteiger charge is 2.23. The summed E-state index contributed by atoms with van der Waals surface area (Å²) in [6.45, 7) is 1.02. The van der Waals surface area contributed by atoms with Crippen molar-refractivity contribution in [2.24, 2.45) is 0 Å². The van der Waals surface area contributed by atoms with Gasteiger partial charge in [0.1, 0.15) is 10.7 Å². The van der Waals surface area contributed by atoms with Crippen LogP contribution in [0.25, 0.3) is 0 Å². The standard InChI is InChI=1S/C11H16ClFN2O2S/c1-14-6-3-7-15(2)18(16,17)11-5-4-9(12)8-10(11)13/h4-5,8,14H,3,6-7H2,1-2H3. The van der Waals surface area contributed by atoms with Crippen LogP contribution in [-0.4, -0.2) is 39.9 Å². The van der Waals surface area contributed by atoms with Crippen LogP contribution < -0.4 is 5.32 Å². The Kier molecular flexibility index (Phi) is 5.52. The molecule has 18 heavy (non-hydrogen) atoms. The van der Waals surface area contributed by atoms with E-state index >= 15 is 0 Å². The van der Waals surface area contributed by atoms with Gasteiger partial charge in [0.2, 0.25) is 10.0 Å². The van der Waals surface area contributed by atoms with Crippen LogP contribution in [0.1, 0.15) is 6.42 Å². The summed E-state index contributed by atoms with van der Waals surface area (Å²) in [5, 5.41) is 3.09. The van der Waals surface area contributed by atoms with Crippen molar-refractivity contribution < 1.29 is 12.8 Å². The Balaban J connectivity index is 2.91. The van der Waals surface area contributed by atoms with Crippen LogP contribution in [0.15, 0.2) is 23.1 Å². The average Bonchev–Trinajstić information content (AvgIpc) is 2.28. The summed E-state index contributed by atoms with van der Waals surface area (Å²) in [5.41, 5.74) is 0. The predicted octanol–water partition coefficient (Wildman–Crippen LogP) is 1.71. The Morgan fingerprint density at radius 1 is 1.44 bits per heavy atom. The van der Waals surface area contributed by atoms with Crippen LogP contribution in [0.5, 0.6) is 0 Å². The van der Waals surface area contributed by atoms with Gasteiger partial charge < -0.3 is 5.32 Å². The quantitative estimate of drug-likeness (QED) is 0.813. The van der Waals surface area contributed by atoms with E-state index in [9.17, 15) is 12.8 Å². The highest BCUT2D eigenvalue weighted by molar-refractivity contribution is 7.89. The fraction of sp³-hybridized carbons (Fsp3) is 0.455. The van der Waals surface area contributed by atoms with E-state index in [2.05, 4.69) is 5.32 Å². The van der Waals surface area contributed by atoms with Gasteiger partial charge in [0.15, 0.2) is 0 Å². The van der Waals surface area contributed by atoms with Gasteiger partial charge in [-0.25, -0.2) is 17.1 Å². The second-order valence-electron chi connectivity index (χ2n) is 3.86. The van der Waals surface area contributed by atoms with E-state index in [1.807, 2.05) is 0 Å². The van der Waals surface area contributed by atoms with Crippen LogP contribution in [0.4, 0.5) is 4.39 Å². The molecule has 0 atom stereocenters. The van der Waals surface area contributed by atoms with Crippen molar-refractivity contribution in [2.75, 3.05) is 27.2 Å². The van der Waals surface area contributed by atoms with Crippen LogP contribution >= 0.6 is 11.6 Å². The van der Waals surface area contributed by atoms with Crippen LogP contribution in [-0.2, 0) is 10.0 Å². The van der Waals surface area contributed by atoms with E-state index < -0.39 is 15.8 Å². The van der Waals surface area contributed by atoms with Crippen LogP contribution in [0.2, 0.25) is 5.02 Å². The molecular formula is C11H16ClFN2O2S. The first-order valence-electron chi connectivity index (χ1n) is 5.45. The fourth-order valence-corrected chi connectivity index (χ4v) is 2.86. The molecule has 0 bridgehead atoms. The summed E-state index contributed by atoms with van der Waals surface area (Å²) in [7, 11) is -0.580. The summed E-state index contributed by atoms with van der Waals surface area (Å²) in [4.78, 5) is -0.348. The van der Waals surface area contributed by atoms with Gasteiger partial charge in [-0.3, -0.25) is 0 Å². The van der Waals surface area contributed by atoms with Gasteiger partial charge in [0.25, 0.3) is 0 Å². The average molecular weight is 295 g/mol. The Labute approximate surface area is 112 Å². The molecule has 0 aliphatic heterocycles. The van der Waals surface area contributed by atoms with Crippen LogP contribution in [0, 0.1) is 5.82 Å². The van der Waals surface area contributed by atoms with E-state index in [0.29, 0.717) is 19.5 Å². The second-order valence-corrected chi connectivity index (χ2v) is 6.31. The van der Waals surface area contributed by atoms with E-state index in [0.717, 1.165) is 10.4 Å². The molecule has 0 radical (unpaired) electrons. The van der Waals surface area contributed by atoms with Crippen LogP contribution in [0.3, 0.4) is 0 Å². The van der Waals surface area contributed by atoms with E-state index in [-0.39, 0.29) is 9.92 Å². The number of hydrogen-bond donors (Lipinski definition) is 1. The predicted molar refractivity (Wildman–Crippen MR) is 69.8 cm³/mol. The molecule has 1 N–H and O–H groups in total. The van der Waals surface area contributed by atoms with E-state index in [4.69, 9.17) is 11.6 Å². The van der Waals surface area contributed by atoms with E-state index in [1.165, 1.54) is 19.2 Å². The zero-order valence-corrected chi connectivity index (χ0v) is 11.9. The van der Waals surface area contributed by atoms with Crippen molar-refractivity contribution in [1.29, 1.82) is 0 Å². The molecule has 0 spiro atoms. The highest BCUT2D eigenvalue weighted by Crippen LogP contribution is 2.21. The Bertz CT molecular complexity index is 508. The van der Waals surface area contributed by atoms with Gasteiger partial charge in [-0.05, 0) is 38.2 Å². The van der Waals surface area contributed by atoms with Gasteiger partial charge >= 0.3 is 0 Å². The zero-order chi connectivity index (χ0) is 13.8. The number of benzene rings is 1. The lowest BCUT2D eigenvalue weighted by molar-refractivity contribution is 0.452. The zero-order valence-electron chi connectivity index (χ0n) is 10.3. The summed E-state index contributed by atoms with van der Waals surface area (Å²) < 4.78 is 38.9. The Morgan fingerprint density at radius 3 is 2.67 bits per heavy atom. The lowest BCUT2D eigenvalue weighted by atomic mass is 10.3. The molecule has 1 aromatic carbocycles. The summed E-state index contributed by atoms with van der Waals surface area (Å²) in [5.74, 6) is -0.831. The SMILES string of the molecule is CNCCCN(C)S(=O)(=O)c1ccc(Cl)cc1F. The van der Waals surface area contributed by atoms with Gasteiger partial charge in [0, 0.05) is 18.6 Å². The summed E-state index contributed by atoms with van der Waals surface area (Å²) >= 11 is 5.59. The molecule has 0 aliphatic carbocycles. The van der Waals surface area contributed by atoms with Gasteiger partial charge in [-0.2, -0.15) is 0 Å². The molecule has 7 heteroatoms. The summed E-state index contributed by atoms with van der Waals surface area (Å²) in [6.07, 6.45) is 0.654. The Hall–Kier alpha value is -0.690. The molecule has 102 valence electrons. The summed E-state index contributed by atoms with van der Waals surface area (Å²) in [6, 6.07) is 3.54. The van der Waals surface area contributed by atoms with Gasteiger partial charge in [0.05, 0.1) is 0 Å². The molecule has 0 saturated heterocycles. The highest BCUT2D eigenvalue weighted by atomic mass is 35.5. The van der Waals surface area contributed by atoms with Crippen molar-refractivity contribution in [1.82, 2.24) is 9.62 Å². The number of hydrogen-bond acceptors (Lipinski definition) is 3. The number of halogens is 2. The van der Waals surface area contributed by atoms with Gasteiger partial charge in [-0.15, -0.1) is 0 Å². The molecule has 0 heterocycles. The van der Waals surface area contributed by atoms with Crippen molar-refractivity contribution in [2.45, 2.75) is 11.3 Å². The lowest BCUT2D eigenvalue weighted by Crippen LogP contribution is -2.30. The Morgan fingerprint density at radius 2 is 2.11 bits per heavy atom. The third kappa shape index (κ3) is 3.65. The monoisotopic (exact) mass is 294 g/mol. The normalized spacial score (nSPS) is 12.1. The third-order valence-electron chi connectivity index (χ3n) is 2.48. The maximum atomic E-state index is 13.6. The lowest BCUT2D eigenvalue weighted by Gasteiger charge is -2.17.